The van der Waals surface area contributed by atoms with E-state index in [0.717, 1.165) is 10.8 Å². The summed E-state index contributed by atoms with van der Waals surface area (Å²) in [7, 11) is 1.61. The Balaban J connectivity index is 1.96. The van der Waals surface area contributed by atoms with Crippen molar-refractivity contribution >= 4 is 29.3 Å². The lowest BCUT2D eigenvalue weighted by Crippen LogP contribution is -2.36. The van der Waals surface area contributed by atoms with Crippen molar-refractivity contribution in [1.29, 1.82) is 0 Å². The average molecular weight is 340 g/mol. The van der Waals surface area contributed by atoms with Crippen LogP contribution in [0.1, 0.15) is 6.92 Å². The number of benzene rings is 1. The Labute approximate surface area is 139 Å². The van der Waals surface area contributed by atoms with Crippen molar-refractivity contribution in [3.63, 3.8) is 0 Å². The smallest absolute Gasteiger partial charge is 0.230 e. The van der Waals surface area contributed by atoms with Crippen LogP contribution < -0.4 is 5.32 Å². The number of thioether (sulfide) groups is 1. The molecule has 1 aromatic heterocycles. The molecule has 2 aromatic rings. The van der Waals surface area contributed by atoms with Crippen LogP contribution in [0.15, 0.2) is 41.8 Å². The van der Waals surface area contributed by atoms with Crippen LogP contribution in [0, 0.1) is 0 Å². The molecule has 0 aliphatic rings. The fourth-order valence-electron chi connectivity index (χ4n) is 1.93. The van der Waals surface area contributed by atoms with Gasteiger partial charge in [-0.25, -0.2) is 4.98 Å². The molecule has 0 saturated carbocycles. The van der Waals surface area contributed by atoms with E-state index in [0.29, 0.717) is 17.4 Å². The second-order valence-electron chi connectivity index (χ2n) is 4.77. The molecule has 1 unspecified atom stereocenters. The quantitative estimate of drug-likeness (QED) is 0.788. The van der Waals surface area contributed by atoms with Gasteiger partial charge in [-0.15, -0.1) is 0 Å². The number of halogens is 1. The molecule has 118 valence electrons. The lowest BCUT2D eigenvalue weighted by atomic mass is 10.3. The van der Waals surface area contributed by atoms with Crippen molar-refractivity contribution in [3.8, 4) is 5.69 Å². The second-order valence-corrected chi connectivity index (χ2v) is 6.15. The van der Waals surface area contributed by atoms with Crippen molar-refractivity contribution in [3.05, 3.63) is 41.7 Å². The molecule has 1 amide bonds. The molecule has 0 spiro atoms. The van der Waals surface area contributed by atoms with Gasteiger partial charge in [-0.05, 0) is 31.2 Å². The summed E-state index contributed by atoms with van der Waals surface area (Å²) < 4.78 is 6.92. The van der Waals surface area contributed by atoms with Crippen LogP contribution in [0.2, 0.25) is 5.02 Å². The van der Waals surface area contributed by atoms with E-state index >= 15 is 0 Å². The van der Waals surface area contributed by atoms with E-state index < -0.39 is 0 Å². The molecule has 0 bridgehead atoms. The molecule has 7 heteroatoms. The number of carbonyl (C=O) groups is 1. The zero-order valence-corrected chi connectivity index (χ0v) is 14.0. The van der Waals surface area contributed by atoms with Crippen LogP contribution in [0.4, 0.5) is 0 Å². The third-order valence-corrected chi connectivity index (χ3v) is 4.09. The van der Waals surface area contributed by atoms with Gasteiger partial charge >= 0.3 is 0 Å². The number of nitrogens with one attached hydrogen (secondary N) is 1. The predicted molar refractivity (Wildman–Crippen MR) is 88.8 cm³/mol. The summed E-state index contributed by atoms with van der Waals surface area (Å²) in [6, 6.07) is 7.47. The Morgan fingerprint density at radius 1 is 1.45 bits per heavy atom. The summed E-state index contributed by atoms with van der Waals surface area (Å²) in [5, 5.41) is 4.32. The molecule has 0 radical (unpaired) electrons. The molecule has 22 heavy (non-hydrogen) atoms. The minimum absolute atomic E-state index is 0.00545. The molecule has 0 saturated heterocycles. The molecule has 1 N–H and O–H groups in total. The maximum atomic E-state index is 11.9. The van der Waals surface area contributed by atoms with Gasteiger partial charge in [0.1, 0.15) is 0 Å². The average Bonchev–Trinajstić information content (AvgIpc) is 2.94. The van der Waals surface area contributed by atoms with E-state index in [-0.39, 0.29) is 11.9 Å². The second kappa shape index (κ2) is 8.22. The topological polar surface area (TPSA) is 56.1 Å². The van der Waals surface area contributed by atoms with Crippen molar-refractivity contribution in [2.45, 2.75) is 18.1 Å². The minimum atomic E-state index is -0.0415. The number of aromatic nitrogens is 2. The number of ether oxygens (including phenoxy) is 1. The van der Waals surface area contributed by atoms with Crippen LogP contribution in [0.3, 0.4) is 0 Å². The van der Waals surface area contributed by atoms with Gasteiger partial charge in [-0.1, -0.05) is 23.4 Å². The van der Waals surface area contributed by atoms with E-state index in [1.165, 1.54) is 11.8 Å². The van der Waals surface area contributed by atoms with Crippen LogP contribution in [-0.2, 0) is 9.53 Å². The van der Waals surface area contributed by atoms with Gasteiger partial charge in [-0.3, -0.25) is 9.36 Å². The van der Waals surface area contributed by atoms with Gasteiger partial charge in [-0.2, -0.15) is 0 Å². The van der Waals surface area contributed by atoms with E-state index in [9.17, 15) is 4.79 Å². The normalized spacial score (nSPS) is 12.1. The first-order chi connectivity index (χ1) is 10.6. The standard InChI is InChI=1S/C15H18ClN3O2S/c1-11(9-21-2)18-14(20)10-22-15-17-7-8-19(15)13-5-3-12(16)4-6-13/h3-8,11H,9-10H2,1-2H3,(H,18,20). The van der Waals surface area contributed by atoms with Gasteiger partial charge < -0.3 is 10.1 Å². The number of methoxy groups -OCH3 is 1. The van der Waals surface area contributed by atoms with Gasteiger partial charge in [0.25, 0.3) is 0 Å². The monoisotopic (exact) mass is 339 g/mol. The lowest BCUT2D eigenvalue weighted by Gasteiger charge is -2.12. The van der Waals surface area contributed by atoms with Crippen molar-refractivity contribution < 1.29 is 9.53 Å². The maximum absolute atomic E-state index is 11.9. The molecule has 1 aromatic carbocycles. The summed E-state index contributed by atoms with van der Waals surface area (Å²) in [5.74, 6) is 0.263. The highest BCUT2D eigenvalue weighted by Gasteiger charge is 2.11. The molecular formula is C15H18ClN3O2S. The number of imidazole rings is 1. The highest BCUT2D eigenvalue weighted by atomic mass is 35.5. The van der Waals surface area contributed by atoms with Gasteiger partial charge in [0.15, 0.2) is 5.16 Å². The van der Waals surface area contributed by atoms with Crippen LogP contribution in [-0.4, -0.2) is 41.0 Å². The Bertz CT molecular complexity index is 616. The zero-order chi connectivity index (χ0) is 15.9. The Hall–Kier alpha value is -1.50. The number of carbonyl (C=O) groups excluding carboxylic acids is 1. The minimum Gasteiger partial charge on any atom is -0.383 e. The third-order valence-electron chi connectivity index (χ3n) is 2.87. The molecule has 0 aliphatic heterocycles. The number of nitrogens with zero attached hydrogens (tertiary/aromatic N) is 2. The highest BCUT2D eigenvalue weighted by Crippen LogP contribution is 2.21. The Kier molecular flexibility index (Phi) is 6.30. The van der Waals surface area contributed by atoms with E-state index in [1.54, 1.807) is 13.3 Å². The zero-order valence-electron chi connectivity index (χ0n) is 12.5. The molecule has 0 fully saturated rings. The Morgan fingerprint density at radius 2 is 2.18 bits per heavy atom. The molecule has 1 atom stereocenters. The number of hydrogen-bond donors (Lipinski definition) is 1. The maximum Gasteiger partial charge on any atom is 0.230 e. The number of hydrogen-bond acceptors (Lipinski definition) is 4. The number of amides is 1. The first-order valence-electron chi connectivity index (χ1n) is 6.80. The fourth-order valence-corrected chi connectivity index (χ4v) is 2.84. The Morgan fingerprint density at radius 3 is 2.86 bits per heavy atom. The predicted octanol–water partition coefficient (Wildman–Crippen LogP) is 2.77. The summed E-state index contributed by atoms with van der Waals surface area (Å²) in [6.07, 6.45) is 3.57. The van der Waals surface area contributed by atoms with Crippen molar-refractivity contribution in [1.82, 2.24) is 14.9 Å². The molecule has 5 nitrogen and oxygen atoms in total. The molecule has 1 heterocycles. The van der Waals surface area contributed by atoms with E-state index in [4.69, 9.17) is 16.3 Å². The van der Waals surface area contributed by atoms with Crippen LogP contribution in [0.25, 0.3) is 5.69 Å². The molecule has 0 aliphatic carbocycles. The van der Waals surface area contributed by atoms with Gasteiger partial charge in [0.05, 0.1) is 12.4 Å². The van der Waals surface area contributed by atoms with E-state index in [2.05, 4.69) is 10.3 Å². The molecule has 2 rings (SSSR count). The van der Waals surface area contributed by atoms with Gasteiger partial charge in [0.2, 0.25) is 5.91 Å². The van der Waals surface area contributed by atoms with Gasteiger partial charge in [0, 0.05) is 36.3 Å². The SMILES string of the molecule is COCC(C)NC(=O)CSc1nccn1-c1ccc(Cl)cc1. The summed E-state index contributed by atoms with van der Waals surface area (Å²) in [4.78, 5) is 16.2. The summed E-state index contributed by atoms with van der Waals surface area (Å²) >= 11 is 7.28. The lowest BCUT2D eigenvalue weighted by molar-refractivity contribution is -0.119. The van der Waals surface area contributed by atoms with E-state index in [1.807, 2.05) is 42.0 Å². The number of rotatable bonds is 7. The van der Waals surface area contributed by atoms with Crippen LogP contribution in [0.5, 0.6) is 0 Å². The third kappa shape index (κ3) is 4.76. The highest BCUT2D eigenvalue weighted by molar-refractivity contribution is 7.99. The summed E-state index contributed by atoms with van der Waals surface area (Å²) in [5.41, 5.74) is 0.956. The summed E-state index contributed by atoms with van der Waals surface area (Å²) in [6.45, 7) is 2.40. The first kappa shape index (κ1) is 16.9. The van der Waals surface area contributed by atoms with Crippen molar-refractivity contribution in [2.24, 2.45) is 0 Å². The largest absolute Gasteiger partial charge is 0.383 e. The van der Waals surface area contributed by atoms with Crippen LogP contribution >= 0.6 is 23.4 Å². The molecular weight excluding hydrogens is 322 g/mol. The first-order valence-corrected chi connectivity index (χ1v) is 8.17. The fraction of sp³-hybridized carbons (Fsp3) is 0.333. The van der Waals surface area contributed by atoms with Crippen molar-refractivity contribution in [2.75, 3.05) is 19.5 Å².